The molecule has 3 N–H and O–H groups in total. The maximum atomic E-state index is 12.3. The van der Waals surface area contributed by atoms with Gasteiger partial charge in [-0.05, 0) is 44.4 Å². The standard InChI is InChI=1S/C17H22N2O2/c1-3-21-15-10-14(11-15)19-17(20)16-8-4-6-13(12(16)2)7-5-9-18/h4,6,8,14-15H,3,9-11,18H2,1-2H3,(H,19,20). The van der Waals surface area contributed by atoms with Gasteiger partial charge in [0.05, 0.1) is 12.6 Å². The van der Waals surface area contributed by atoms with Crippen molar-refractivity contribution in [2.24, 2.45) is 5.73 Å². The molecule has 1 fully saturated rings. The average Bonchev–Trinajstić information content (AvgIpc) is 2.44. The Bertz CT molecular complexity index is 566. The van der Waals surface area contributed by atoms with Crippen LogP contribution in [0.15, 0.2) is 18.2 Å². The number of hydrogen-bond donors (Lipinski definition) is 2. The molecule has 112 valence electrons. The summed E-state index contributed by atoms with van der Waals surface area (Å²) in [6.07, 6.45) is 2.08. The van der Waals surface area contributed by atoms with E-state index < -0.39 is 0 Å². The summed E-state index contributed by atoms with van der Waals surface area (Å²) in [7, 11) is 0. The number of nitrogens with one attached hydrogen (secondary N) is 1. The third kappa shape index (κ3) is 3.84. The summed E-state index contributed by atoms with van der Waals surface area (Å²) in [5.74, 6) is 5.78. The summed E-state index contributed by atoms with van der Waals surface area (Å²) in [5, 5.41) is 3.05. The van der Waals surface area contributed by atoms with Gasteiger partial charge in [0, 0.05) is 23.8 Å². The molecule has 4 heteroatoms. The predicted molar refractivity (Wildman–Crippen MR) is 83.0 cm³/mol. The SMILES string of the molecule is CCOC1CC(NC(=O)c2cccc(C#CCN)c2C)C1. The van der Waals surface area contributed by atoms with E-state index in [4.69, 9.17) is 10.5 Å². The maximum Gasteiger partial charge on any atom is 0.251 e. The fourth-order valence-corrected chi connectivity index (χ4v) is 2.48. The molecule has 0 spiro atoms. The van der Waals surface area contributed by atoms with Crippen LogP contribution < -0.4 is 11.1 Å². The normalized spacial score (nSPS) is 20.1. The smallest absolute Gasteiger partial charge is 0.251 e. The molecule has 1 aliphatic rings. The van der Waals surface area contributed by atoms with Crippen LogP contribution in [-0.2, 0) is 4.74 Å². The Labute approximate surface area is 126 Å². The van der Waals surface area contributed by atoms with E-state index in [0.29, 0.717) is 18.2 Å². The minimum atomic E-state index is -0.0381. The van der Waals surface area contributed by atoms with Gasteiger partial charge in [0.2, 0.25) is 0 Å². The highest BCUT2D eigenvalue weighted by Crippen LogP contribution is 2.24. The molecule has 1 aromatic carbocycles. The third-order valence-electron chi connectivity index (χ3n) is 3.74. The lowest BCUT2D eigenvalue weighted by molar-refractivity contribution is -0.00863. The monoisotopic (exact) mass is 286 g/mol. The van der Waals surface area contributed by atoms with Crippen molar-refractivity contribution in [2.75, 3.05) is 13.2 Å². The molecule has 4 nitrogen and oxygen atoms in total. The quantitative estimate of drug-likeness (QED) is 0.826. The van der Waals surface area contributed by atoms with E-state index in [2.05, 4.69) is 17.2 Å². The fourth-order valence-electron chi connectivity index (χ4n) is 2.48. The van der Waals surface area contributed by atoms with Crippen molar-refractivity contribution in [1.82, 2.24) is 5.32 Å². The van der Waals surface area contributed by atoms with Crippen LogP contribution in [0, 0.1) is 18.8 Å². The van der Waals surface area contributed by atoms with Crippen LogP contribution in [0.5, 0.6) is 0 Å². The summed E-state index contributed by atoms with van der Waals surface area (Å²) >= 11 is 0. The van der Waals surface area contributed by atoms with Crippen molar-refractivity contribution in [3.63, 3.8) is 0 Å². The van der Waals surface area contributed by atoms with Crippen LogP contribution in [-0.4, -0.2) is 31.2 Å². The Morgan fingerprint density at radius 1 is 1.48 bits per heavy atom. The topological polar surface area (TPSA) is 64.3 Å². The molecule has 0 heterocycles. The van der Waals surface area contributed by atoms with E-state index in [1.54, 1.807) is 0 Å². The van der Waals surface area contributed by atoms with Crippen molar-refractivity contribution in [3.8, 4) is 11.8 Å². The van der Waals surface area contributed by atoms with E-state index in [1.807, 2.05) is 32.0 Å². The average molecular weight is 286 g/mol. The summed E-state index contributed by atoms with van der Waals surface area (Å²) in [6.45, 7) is 4.95. The van der Waals surface area contributed by atoms with Crippen LogP contribution in [0.1, 0.15) is 41.3 Å². The van der Waals surface area contributed by atoms with Gasteiger partial charge in [0.1, 0.15) is 0 Å². The number of amides is 1. The van der Waals surface area contributed by atoms with Gasteiger partial charge in [-0.15, -0.1) is 0 Å². The molecule has 0 aliphatic heterocycles. The van der Waals surface area contributed by atoms with Crippen molar-refractivity contribution in [2.45, 2.75) is 38.8 Å². The second-order valence-electron chi connectivity index (χ2n) is 5.20. The highest BCUT2D eigenvalue weighted by atomic mass is 16.5. The molecule has 1 aliphatic carbocycles. The van der Waals surface area contributed by atoms with Crippen LogP contribution in [0.3, 0.4) is 0 Å². The molecule has 1 amide bonds. The first kappa shape index (κ1) is 15.6. The maximum absolute atomic E-state index is 12.3. The predicted octanol–water partition coefficient (Wildman–Crippen LogP) is 1.60. The number of hydrogen-bond acceptors (Lipinski definition) is 3. The second kappa shape index (κ2) is 7.26. The molecule has 1 aromatic rings. The van der Waals surface area contributed by atoms with Crippen LogP contribution >= 0.6 is 0 Å². The largest absolute Gasteiger partial charge is 0.378 e. The molecule has 0 atom stereocenters. The van der Waals surface area contributed by atoms with Crippen LogP contribution in [0.4, 0.5) is 0 Å². The molecule has 0 unspecified atom stereocenters. The third-order valence-corrected chi connectivity index (χ3v) is 3.74. The Morgan fingerprint density at radius 2 is 2.24 bits per heavy atom. The zero-order valence-corrected chi connectivity index (χ0v) is 12.6. The zero-order valence-electron chi connectivity index (χ0n) is 12.6. The highest BCUT2D eigenvalue weighted by molar-refractivity contribution is 5.96. The van der Waals surface area contributed by atoms with Gasteiger partial charge in [0.15, 0.2) is 0 Å². The fraction of sp³-hybridized carbons (Fsp3) is 0.471. The zero-order chi connectivity index (χ0) is 15.2. The Hall–Kier alpha value is -1.83. The molecule has 0 radical (unpaired) electrons. The number of nitrogens with two attached hydrogens (primary N) is 1. The summed E-state index contributed by atoms with van der Waals surface area (Å²) in [6, 6.07) is 5.80. The van der Waals surface area contributed by atoms with Crippen molar-refractivity contribution in [1.29, 1.82) is 0 Å². The van der Waals surface area contributed by atoms with Crippen LogP contribution in [0.25, 0.3) is 0 Å². The van der Waals surface area contributed by atoms with Gasteiger partial charge < -0.3 is 15.8 Å². The lowest BCUT2D eigenvalue weighted by Crippen LogP contribution is -2.47. The Kier molecular flexibility index (Phi) is 5.38. The van der Waals surface area contributed by atoms with Gasteiger partial charge in [-0.3, -0.25) is 4.79 Å². The second-order valence-corrected chi connectivity index (χ2v) is 5.20. The van der Waals surface area contributed by atoms with E-state index in [9.17, 15) is 4.79 Å². The molecule has 0 bridgehead atoms. The van der Waals surface area contributed by atoms with E-state index in [0.717, 1.165) is 30.6 Å². The number of carbonyl (C=O) groups is 1. The molecule has 0 saturated heterocycles. The molecule has 0 aromatic heterocycles. The number of rotatable bonds is 4. The Morgan fingerprint density at radius 3 is 2.90 bits per heavy atom. The Balaban J connectivity index is 2.00. The lowest BCUT2D eigenvalue weighted by atomic mass is 9.88. The lowest BCUT2D eigenvalue weighted by Gasteiger charge is -2.35. The van der Waals surface area contributed by atoms with Crippen molar-refractivity contribution >= 4 is 5.91 Å². The first-order chi connectivity index (χ1) is 10.2. The number of ether oxygens (including phenoxy) is 1. The number of carbonyl (C=O) groups excluding carboxylic acids is 1. The first-order valence-electron chi connectivity index (χ1n) is 7.36. The van der Waals surface area contributed by atoms with Gasteiger partial charge in [0.25, 0.3) is 5.91 Å². The van der Waals surface area contributed by atoms with E-state index in [-0.39, 0.29) is 11.9 Å². The summed E-state index contributed by atoms with van der Waals surface area (Å²) in [4.78, 5) is 12.3. The van der Waals surface area contributed by atoms with Gasteiger partial charge in [-0.2, -0.15) is 0 Å². The minimum Gasteiger partial charge on any atom is -0.378 e. The van der Waals surface area contributed by atoms with Crippen molar-refractivity contribution in [3.05, 3.63) is 34.9 Å². The van der Waals surface area contributed by atoms with E-state index >= 15 is 0 Å². The number of benzene rings is 1. The minimum absolute atomic E-state index is 0.0381. The molecule has 1 saturated carbocycles. The summed E-state index contributed by atoms with van der Waals surface area (Å²) in [5.41, 5.74) is 7.82. The van der Waals surface area contributed by atoms with Gasteiger partial charge in [-0.25, -0.2) is 0 Å². The van der Waals surface area contributed by atoms with Gasteiger partial charge in [-0.1, -0.05) is 17.9 Å². The molecular weight excluding hydrogens is 264 g/mol. The summed E-state index contributed by atoms with van der Waals surface area (Å²) < 4.78 is 5.50. The van der Waals surface area contributed by atoms with E-state index in [1.165, 1.54) is 0 Å². The highest BCUT2D eigenvalue weighted by Gasteiger charge is 2.31. The van der Waals surface area contributed by atoms with Gasteiger partial charge >= 0.3 is 0 Å². The first-order valence-corrected chi connectivity index (χ1v) is 7.36. The molecule has 21 heavy (non-hydrogen) atoms. The molecule has 2 rings (SSSR count). The van der Waals surface area contributed by atoms with Crippen LogP contribution in [0.2, 0.25) is 0 Å². The van der Waals surface area contributed by atoms with Crippen molar-refractivity contribution < 1.29 is 9.53 Å². The molecular formula is C17H22N2O2.